The van der Waals surface area contributed by atoms with Gasteiger partial charge in [-0.1, -0.05) is 0 Å². The molecular formula is C15H22N8O4S2. The molecule has 1 rings (SSSR count). The summed E-state index contributed by atoms with van der Waals surface area (Å²) in [7, 11) is 1.72. The number of thioether (sulfide) groups is 1. The molecule has 14 heteroatoms. The number of aromatic nitrogens is 1. The number of rotatable bonds is 9. The molecule has 0 bridgehead atoms. The van der Waals surface area contributed by atoms with Crippen LogP contribution in [-0.2, 0) is 15.3 Å². The Morgan fingerprint density at radius 3 is 2.62 bits per heavy atom. The van der Waals surface area contributed by atoms with Gasteiger partial charge >= 0.3 is 11.9 Å². The predicted molar refractivity (Wildman–Crippen MR) is 113 cm³/mol. The van der Waals surface area contributed by atoms with Gasteiger partial charge in [0.15, 0.2) is 11.1 Å². The molecule has 1 heterocycles. The lowest BCUT2D eigenvalue weighted by molar-refractivity contribution is -0.134. The Bertz CT molecular complexity index is 757. The molecular weight excluding hydrogens is 420 g/mol. The zero-order chi connectivity index (χ0) is 22.1. The third kappa shape index (κ3) is 15.4. The first kappa shape index (κ1) is 25.7. The van der Waals surface area contributed by atoms with Gasteiger partial charge in [0.2, 0.25) is 12.2 Å². The van der Waals surface area contributed by atoms with Gasteiger partial charge in [0.1, 0.15) is 0 Å². The monoisotopic (exact) mass is 442 g/mol. The molecule has 0 saturated heterocycles. The third-order valence-electron chi connectivity index (χ3n) is 2.57. The molecule has 1 aromatic rings. The number of nitrogens with zero attached hydrogens (tertiary/aromatic N) is 3. The number of aliphatic imine (C=N–C) groups is 1. The van der Waals surface area contributed by atoms with Crippen LogP contribution in [0.5, 0.6) is 0 Å². The van der Waals surface area contributed by atoms with Crippen LogP contribution < -0.4 is 21.7 Å². The highest BCUT2D eigenvalue weighted by Crippen LogP contribution is 2.19. The number of carbonyl (C=O) groups is 2. The first-order valence-corrected chi connectivity index (χ1v) is 9.97. The lowest BCUT2D eigenvalue weighted by Crippen LogP contribution is -2.35. The highest BCUT2D eigenvalue weighted by molar-refractivity contribution is 7.98. The highest BCUT2D eigenvalue weighted by Gasteiger charge is 2.02. The van der Waals surface area contributed by atoms with E-state index in [0.717, 1.165) is 30.2 Å². The maximum Gasteiger partial charge on any atom is 0.328 e. The summed E-state index contributed by atoms with van der Waals surface area (Å²) < 4.78 is 0. The van der Waals surface area contributed by atoms with E-state index in [0.29, 0.717) is 23.2 Å². The molecule has 0 amide bonds. The largest absolute Gasteiger partial charge is 0.478 e. The average molecular weight is 443 g/mol. The fraction of sp³-hybridized carbons (Fsp3) is 0.333. The van der Waals surface area contributed by atoms with E-state index < -0.39 is 11.9 Å². The molecule has 0 aliphatic carbocycles. The van der Waals surface area contributed by atoms with E-state index in [9.17, 15) is 9.59 Å². The van der Waals surface area contributed by atoms with Crippen LogP contribution in [0.25, 0.3) is 0 Å². The number of nitrogens with two attached hydrogens (primary N) is 1. The van der Waals surface area contributed by atoms with Crippen LogP contribution in [-0.4, -0.2) is 58.4 Å². The van der Waals surface area contributed by atoms with Crippen molar-refractivity contribution in [2.45, 2.75) is 12.2 Å². The Hall–Kier alpha value is -3.31. The van der Waals surface area contributed by atoms with Crippen molar-refractivity contribution in [2.24, 2.45) is 10.7 Å². The van der Waals surface area contributed by atoms with Gasteiger partial charge in [0.25, 0.3) is 0 Å². The average Bonchev–Trinajstić information content (AvgIpc) is 3.08. The molecule has 8 N–H and O–H groups in total. The van der Waals surface area contributed by atoms with Gasteiger partial charge in [0.05, 0.1) is 5.69 Å². The van der Waals surface area contributed by atoms with Gasteiger partial charge < -0.3 is 31.9 Å². The van der Waals surface area contributed by atoms with Crippen molar-refractivity contribution < 1.29 is 19.8 Å². The molecule has 158 valence electrons. The van der Waals surface area contributed by atoms with E-state index in [1.807, 2.05) is 5.38 Å². The van der Waals surface area contributed by atoms with Crippen molar-refractivity contribution >= 4 is 52.1 Å². The minimum Gasteiger partial charge on any atom is -0.478 e. The van der Waals surface area contributed by atoms with Gasteiger partial charge in [-0.2, -0.15) is 17.0 Å². The summed E-state index contributed by atoms with van der Waals surface area (Å²) in [5.41, 5.74) is 6.21. The van der Waals surface area contributed by atoms with E-state index >= 15 is 0 Å². The first-order valence-electron chi connectivity index (χ1n) is 7.94. The van der Waals surface area contributed by atoms with Crippen molar-refractivity contribution in [3.63, 3.8) is 0 Å². The maximum absolute atomic E-state index is 9.55. The molecule has 0 aliphatic heterocycles. The Kier molecular flexibility index (Phi) is 13.9. The normalized spacial score (nSPS) is 10.4. The quantitative estimate of drug-likeness (QED) is 0.0916. The summed E-state index contributed by atoms with van der Waals surface area (Å²) in [6.07, 6.45) is 3.80. The minimum absolute atomic E-state index is 0.103. The van der Waals surface area contributed by atoms with E-state index in [4.69, 9.17) is 26.6 Å². The van der Waals surface area contributed by atoms with Crippen molar-refractivity contribution in [1.29, 1.82) is 10.7 Å². The highest BCUT2D eigenvalue weighted by atomic mass is 32.2. The number of carboxylic acids is 2. The zero-order valence-corrected chi connectivity index (χ0v) is 17.1. The van der Waals surface area contributed by atoms with Crippen LogP contribution in [0.3, 0.4) is 0 Å². The Balaban J connectivity index is 0.000000828. The Labute approximate surface area is 175 Å². The number of anilines is 1. The Morgan fingerprint density at radius 1 is 1.45 bits per heavy atom. The molecule has 0 atom stereocenters. The predicted octanol–water partition coefficient (Wildman–Crippen LogP) is 0.430. The topological polar surface area (TPSA) is 210 Å². The lowest BCUT2D eigenvalue weighted by atomic mass is 10.5. The maximum atomic E-state index is 9.55. The van der Waals surface area contributed by atoms with Crippen molar-refractivity contribution in [3.8, 4) is 6.19 Å². The third-order valence-corrected chi connectivity index (χ3v) is 4.45. The summed E-state index contributed by atoms with van der Waals surface area (Å²) in [4.78, 5) is 27.0. The van der Waals surface area contributed by atoms with Crippen LogP contribution in [0.15, 0.2) is 22.5 Å². The number of carboxylic acid groups (broad SMARTS) is 2. The SMILES string of the molecule is CN/C(=N/C#N)NCCCSCc1csc(NC(=N)N)n1.O=C(O)/C=C\C(=O)O. The lowest BCUT2D eigenvalue weighted by Gasteiger charge is -2.06. The number of nitriles is 1. The van der Waals surface area contributed by atoms with Crippen molar-refractivity contribution in [1.82, 2.24) is 15.6 Å². The molecule has 0 saturated carbocycles. The van der Waals surface area contributed by atoms with E-state index in [-0.39, 0.29) is 5.96 Å². The van der Waals surface area contributed by atoms with Gasteiger partial charge in [-0.3, -0.25) is 5.41 Å². The van der Waals surface area contributed by atoms with E-state index in [2.05, 4.69) is 25.9 Å². The number of aliphatic carboxylic acids is 2. The summed E-state index contributed by atoms with van der Waals surface area (Å²) >= 11 is 3.21. The number of thiazole rings is 1. The summed E-state index contributed by atoms with van der Waals surface area (Å²) in [5.74, 6) is -0.333. The second-order valence-electron chi connectivity index (χ2n) is 4.84. The molecule has 0 aliphatic rings. The molecule has 0 fully saturated rings. The van der Waals surface area contributed by atoms with E-state index in [1.165, 1.54) is 11.3 Å². The number of hydrogen-bond donors (Lipinski definition) is 7. The van der Waals surface area contributed by atoms with Gasteiger partial charge in [0, 0.05) is 36.9 Å². The number of hydrogen-bond acceptors (Lipinski definition) is 8. The number of nitrogens with one attached hydrogen (secondary N) is 4. The summed E-state index contributed by atoms with van der Waals surface area (Å²) in [5, 5.41) is 42.3. The smallest absolute Gasteiger partial charge is 0.328 e. The van der Waals surface area contributed by atoms with Gasteiger partial charge in [-0.15, -0.1) is 16.3 Å². The second-order valence-corrected chi connectivity index (χ2v) is 6.80. The molecule has 1 aromatic heterocycles. The standard InChI is InChI=1S/C11H18N8S2.C4H4O4/c1-15-10(17-7-12)16-3-2-4-20-5-8-6-21-11(18-8)19-9(13)14;5-3(6)1-2-4(7)8/h6H,2-5H2,1H3,(H2,15,16,17)(H4,13,14,18,19);1-2H,(H,5,6)(H,7,8)/b;2-1-. The fourth-order valence-electron chi connectivity index (χ4n) is 1.48. The van der Waals surface area contributed by atoms with Gasteiger partial charge in [-0.25, -0.2) is 14.6 Å². The molecule has 0 unspecified atom stereocenters. The Morgan fingerprint density at radius 2 is 2.10 bits per heavy atom. The van der Waals surface area contributed by atoms with E-state index in [1.54, 1.807) is 25.0 Å². The van der Waals surface area contributed by atoms with Crippen LogP contribution in [0.4, 0.5) is 5.13 Å². The number of guanidine groups is 2. The van der Waals surface area contributed by atoms with Crippen LogP contribution in [0.1, 0.15) is 12.1 Å². The zero-order valence-electron chi connectivity index (χ0n) is 15.5. The molecule has 29 heavy (non-hydrogen) atoms. The van der Waals surface area contributed by atoms with Gasteiger partial charge in [-0.05, 0) is 12.2 Å². The summed E-state index contributed by atoms with van der Waals surface area (Å²) in [6.45, 7) is 0.753. The van der Waals surface area contributed by atoms with Crippen LogP contribution >= 0.6 is 23.1 Å². The minimum atomic E-state index is -1.26. The van der Waals surface area contributed by atoms with Crippen LogP contribution in [0.2, 0.25) is 0 Å². The summed E-state index contributed by atoms with van der Waals surface area (Å²) in [6, 6.07) is 0. The van der Waals surface area contributed by atoms with Crippen molar-refractivity contribution in [3.05, 3.63) is 23.2 Å². The second kappa shape index (κ2) is 15.7. The van der Waals surface area contributed by atoms with Crippen LogP contribution in [0, 0.1) is 16.9 Å². The molecule has 0 radical (unpaired) electrons. The molecule has 0 aromatic carbocycles. The fourth-order valence-corrected chi connectivity index (χ4v) is 3.16. The first-order chi connectivity index (χ1) is 13.8. The molecule has 12 nitrogen and oxygen atoms in total. The molecule has 0 spiro atoms. The van der Waals surface area contributed by atoms with Crippen molar-refractivity contribution in [2.75, 3.05) is 24.7 Å².